The normalized spacial score (nSPS) is 11.9. The standard InChI is InChI=1S/C25H26N6O3/c1-2-3-10-21(22(32)23(26)33)28-25(34)20-9-6-12-27-24(20)31-13-11-19(29-31)16-30-14-17-7-4-5-8-18(17)15-30/h4-9,11-15,21H,2-3,10,16H2,1H3,(H2,26,33)(H,28,34). The van der Waals surface area contributed by atoms with Gasteiger partial charge in [0.2, 0.25) is 5.78 Å². The maximum absolute atomic E-state index is 13.0. The molecule has 0 fully saturated rings. The number of amides is 2. The number of carbonyl (C=O) groups excluding carboxylic acids is 3. The van der Waals surface area contributed by atoms with Gasteiger partial charge in [0.25, 0.3) is 11.8 Å². The molecule has 1 atom stereocenters. The Bertz CT molecular complexity index is 1310. The van der Waals surface area contributed by atoms with Crippen LogP contribution in [0.5, 0.6) is 0 Å². The molecule has 4 rings (SSSR count). The number of nitrogens with one attached hydrogen (secondary N) is 1. The van der Waals surface area contributed by atoms with E-state index >= 15 is 0 Å². The summed E-state index contributed by atoms with van der Waals surface area (Å²) in [5, 5.41) is 9.53. The first-order valence-electron chi connectivity index (χ1n) is 11.1. The van der Waals surface area contributed by atoms with Gasteiger partial charge in [0.15, 0.2) is 5.82 Å². The fourth-order valence-corrected chi connectivity index (χ4v) is 3.82. The summed E-state index contributed by atoms with van der Waals surface area (Å²) in [5.74, 6) is -2.08. The second-order valence-electron chi connectivity index (χ2n) is 8.08. The summed E-state index contributed by atoms with van der Waals surface area (Å²) in [6, 6.07) is 12.2. The van der Waals surface area contributed by atoms with Gasteiger partial charge in [0, 0.05) is 24.8 Å². The Morgan fingerprint density at radius 2 is 1.79 bits per heavy atom. The molecule has 34 heavy (non-hydrogen) atoms. The number of rotatable bonds is 10. The average molecular weight is 459 g/mol. The predicted octanol–water partition coefficient (Wildman–Crippen LogP) is 2.61. The number of fused-ring (bicyclic) bond motifs is 1. The molecule has 4 aromatic rings. The lowest BCUT2D eigenvalue weighted by atomic mass is 10.0. The van der Waals surface area contributed by atoms with Gasteiger partial charge in [-0.2, -0.15) is 5.10 Å². The first-order chi connectivity index (χ1) is 16.5. The van der Waals surface area contributed by atoms with Gasteiger partial charge in [-0.15, -0.1) is 0 Å². The number of carbonyl (C=O) groups is 3. The van der Waals surface area contributed by atoms with Crippen LogP contribution >= 0.6 is 0 Å². The van der Waals surface area contributed by atoms with Gasteiger partial charge in [0.05, 0.1) is 23.8 Å². The Balaban J connectivity index is 1.55. The number of hydrogen-bond acceptors (Lipinski definition) is 5. The van der Waals surface area contributed by atoms with Crippen molar-refractivity contribution in [2.24, 2.45) is 5.73 Å². The van der Waals surface area contributed by atoms with E-state index in [-0.39, 0.29) is 5.56 Å². The molecule has 174 valence electrons. The molecule has 0 saturated heterocycles. The molecule has 0 aliphatic heterocycles. The molecule has 3 heterocycles. The lowest BCUT2D eigenvalue weighted by molar-refractivity contribution is -0.137. The molecular weight excluding hydrogens is 432 g/mol. The number of nitrogens with zero attached hydrogens (tertiary/aromatic N) is 4. The van der Waals surface area contributed by atoms with Gasteiger partial charge < -0.3 is 15.6 Å². The summed E-state index contributed by atoms with van der Waals surface area (Å²) >= 11 is 0. The van der Waals surface area contributed by atoms with Crippen LogP contribution in [0.25, 0.3) is 16.6 Å². The zero-order chi connectivity index (χ0) is 24.1. The second kappa shape index (κ2) is 10.1. The average Bonchev–Trinajstić information content (AvgIpc) is 3.47. The minimum absolute atomic E-state index is 0.239. The van der Waals surface area contributed by atoms with Crippen LogP contribution in [0.4, 0.5) is 0 Å². The number of benzene rings is 1. The van der Waals surface area contributed by atoms with Crippen molar-refractivity contribution < 1.29 is 14.4 Å². The molecule has 9 heteroatoms. The Morgan fingerprint density at radius 3 is 2.47 bits per heavy atom. The summed E-state index contributed by atoms with van der Waals surface area (Å²) in [4.78, 5) is 41.0. The van der Waals surface area contributed by atoms with Crippen LogP contribution in [0.1, 0.15) is 42.2 Å². The summed E-state index contributed by atoms with van der Waals surface area (Å²) < 4.78 is 3.58. The van der Waals surface area contributed by atoms with E-state index in [1.807, 2.05) is 25.1 Å². The highest BCUT2D eigenvalue weighted by Crippen LogP contribution is 2.17. The maximum atomic E-state index is 13.0. The topological polar surface area (TPSA) is 125 Å². The van der Waals surface area contributed by atoms with Crippen LogP contribution in [0, 0.1) is 0 Å². The number of pyridine rings is 1. The first-order valence-corrected chi connectivity index (χ1v) is 11.1. The van der Waals surface area contributed by atoms with Crippen molar-refractivity contribution in [2.45, 2.75) is 38.8 Å². The van der Waals surface area contributed by atoms with E-state index in [4.69, 9.17) is 5.73 Å². The maximum Gasteiger partial charge on any atom is 0.287 e. The van der Waals surface area contributed by atoms with Crippen LogP contribution in [0.15, 0.2) is 67.3 Å². The van der Waals surface area contributed by atoms with Gasteiger partial charge in [-0.3, -0.25) is 14.4 Å². The van der Waals surface area contributed by atoms with E-state index in [1.165, 1.54) is 4.68 Å². The zero-order valence-electron chi connectivity index (χ0n) is 18.8. The molecule has 0 aliphatic carbocycles. The molecule has 0 spiro atoms. The summed E-state index contributed by atoms with van der Waals surface area (Å²) in [5.41, 5.74) is 6.20. The van der Waals surface area contributed by atoms with E-state index in [1.54, 1.807) is 24.5 Å². The third-order valence-corrected chi connectivity index (χ3v) is 5.55. The van der Waals surface area contributed by atoms with Crippen LogP contribution in [-0.4, -0.2) is 43.0 Å². The van der Waals surface area contributed by atoms with E-state index < -0.39 is 23.6 Å². The van der Waals surface area contributed by atoms with Gasteiger partial charge >= 0.3 is 0 Å². The highest BCUT2D eigenvalue weighted by Gasteiger charge is 2.26. The predicted molar refractivity (Wildman–Crippen MR) is 127 cm³/mol. The van der Waals surface area contributed by atoms with Crippen molar-refractivity contribution >= 4 is 28.4 Å². The van der Waals surface area contributed by atoms with Crippen molar-refractivity contribution in [3.63, 3.8) is 0 Å². The number of nitrogens with two attached hydrogens (primary N) is 1. The number of ketones is 1. The second-order valence-corrected chi connectivity index (χ2v) is 8.08. The molecule has 3 N–H and O–H groups in total. The molecule has 9 nitrogen and oxygen atoms in total. The van der Waals surface area contributed by atoms with Crippen LogP contribution in [0.3, 0.4) is 0 Å². The van der Waals surface area contributed by atoms with Gasteiger partial charge in [-0.1, -0.05) is 44.0 Å². The van der Waals surface area contributed by atoms with Crippen LogP contribution in [0.2, 0.25) is 0 Å². The van der Waals surface area contributed by atoms with Gasteiger partial charge in [-0.25, -0.2) is 9.67 Å². The Hall–Kier alpha value is -4.27. The van der Waals surface area contributed by atoms with Crippen molar-refractivity contribution in [1.82, 2.24) is 24.6 Å². The minimum atomic E-state index is -1.07. The molecule has 0 aliphatic rings. The monoisotopic (exact) mass is 458 g/mol. The molecular formula is C25H26N6O3. The van der Waals surface area contributed by atoms with Crippen molar-refractivity contribution in [2.75, 3.05) is 0 Å². The summed E-state index contributed by atoms with van der Waals surface area (Å²) in [6.45, 7) is 2.51. The van der Waals surface area contributed by atoms with Crippen molar-refractivity contribution in [3.8, 4) is 5.82 Å². The highest BCUT2D eigenvalue weighted by molar-refractivity contribution is 6.38. The number of Topliss-reactive ketones (excluding diaryl/α,β-unsaturated/α-hetero) is 1. The fourth-order valence-electron chi connectivity index (χ4n) is 3.82. The zero-order valence-corrected chi connectivity index (χ0v) is 18.8. The first kappa shape index (κ1) is 22.9. The van der Waals surface area contributed by atoms with Gasteiger partial charge in [0.1, 0.15) is 0 Å². The summed E-state index contributed by atoms with van der Waals surface area (Å²) in [7, 11) is 0. The third-order valence-electron chi connectivity index (χ3n) is 5.55. The minimum Gasteiger partial charge on any atom is -0.363 e. The smallest absolute Gasteiger partial charge is 0.287 e. The van der Waals surface area contributed by atoms with E-state index in [9.17, 15) is 14.4 Å². The molecule has 1 aromatic carbocycles. The van der Waals surface area contributed by atoms with Crippen LogP contribution < -0.4 is 11.1 Å². The SMILES string of the molecule is CCCCC(NC(=O)c1cccnc1-n1ccc(Cn2cc3ccccc3c2)n1)C(=O)C(N)=O. The van der Waals surface area contributed by atoms with E-state index in [0.717, 1.165) is 22.9 Å². The Labute approximate surface area is 196 Å². The quantitative estimate of drug-likeness (QED) is 0.354. The van der Waals surface area contributed by atoms with Gasteiger partial charge in [-0.05, 0) is 35.4 Å². The molecule has 0 radical (unpaired) electrons. The van der Waals surface area contributed by atoms with Crippen molar-refractivity contribution in [3.05, 3.63) is 78.5 Å². The largest absolute Gasteiger partial charge is 0.363 e. The number of unbranched alkanes of at least 4 members (excludes halogenated alkanes) is 1. The van der Waals surface area contributed by atoms with E-state index in [2.05, 4.69) is 44.5 Å². The Kier molecular flexibility index (Phi) is 6.82. The molecule has 0 bridgehead atoms. The molecule has 1 unspecified atom stereocenters. The Morgan fingerprint density at radius 1 is 1.06 bits per heavy atom. The number of hydrogen-bond donors (Lipinski definition) is 2. The molecule has 3 aromatic heterocycles. The molecule has 0 saturated carbocycles. The van der Waals surface area contributed by atoms with E-state index in [0.29, 0.717) is 25.2 Å². The fraction of sp³-hybridized carbons (Fsp3) is 0.240. The van der Waals surface area contributed by atoms with Crippen molar-refractivity contribution in [1.29, 1.82) is 0 Å². The molecule has 2 amide bonds. The van der Waals surface area contributed by atoms with Crippen LogP contribution in [-0.2, 0) is 16.1 Å². The number of aromatic nitrogens is 4. The highest BCUT2D eigenvalue weighted by atomic mass is 16.2. The lowest BCUT2D eigenvalue weighted by Gasteiger charge is -2.17. The lowest BCUT2D eigenvalue weighted by Crippen LogP contribution is -2.46. The third kappa shape index (κ3) is 5.03. The number of primary amides is 1. The summed E-state index contributed by atoms with van der Waals surface area (Å²) in [6.07, 6.45) is 9.22.